The average molecular weight is 398 g/mol. The molecular formula is C24H29F2N3. The highest BCUT2D eigenvalue weighted by molar-refractivity contribution is 5.49. The zero-order chi connectivity index (χ0) is 20.1. The molecule has 1 unspecified atom stereocenters. The van der Waals surface area contributed by atoms with Crippen molar-refractivity contribution < 1.29 is 8.78 Å². The van der Waals surface area contributed by atoms with Crippen molar-refractivity contribution in [2.24, 2.45) is 0 Å². The van der Waals surface area contributed by atoms with Gasteiger partial charge >= 0.3 is 0 Å². The first-order chi connectivity index (χ1) is 14.2. The summed E-state index contributed by atoms with van der Waals surface area (Å²) in [7, 11) is 0. The minimum atomic E-state index is -0.194. The summed E-state index contributed by atoms with van der Waals surface area (Å²) in [6.07, 6.45) is 6.74. The lowest BCUT2D eigenvalue weighted by Crippen LogP contribution is -2.55. The first-order valence-corrected chi connectivity index (χ1v) is 10.6. The zero-order valence-corrected chi connectivity index (χ0v) is 16.8. The molecule has 0 saturated carbocycles. The van der Waals surface area contributed by atoms with E-state index in [0.29, 0.717) is 6.04 Å². The molecule has 0 spiro atoms. The van der Waals surface area contributed by atoms with Crippen LogP contribution in [-0.4, -0.2) is 61.7 Å². The Bertz CT molecular complexity index is 796. The van der Waals surface area contributed by atoms with Crippen molar-refractivity contribution in [3.8, 4) is 0 Å². The number of benzene rings is 2. The van der Waals surface area contributed by atoms with E-state index in [1.54, 1.807) is 12.1 Å². The van der Waals surface area contributed by atoms with Gasteiger partial charge in [0.25, 0.3) is 0 Å². The van der Waals surface area contributed by atoms with Crippen LogP contribution < -0.4 is 4.90 Å². The second-order valence-corrected chi connectivity index (χ2v) is 8.01. The molecule has 5 heteroatoms. The number of piperazine rings is 1. The van der Waals surface area contributed by atoms with E-state index in [1.165, 1.54) is 25.0 Å². The molecule has 2 fully saturated rings. The number of rotatable bonds is 5. The van der Waals surface area contributed by atoms with E-state index in [0.717, 1.165) is 57.1 Å². The lowest BCUT2D eigenvalue weighted by Gasteiger charge is -2.43. The van der Waals surface area contributed by atoms with Crippen molar-refractivity contribution in [2.45, 2.75) is 18.9 Å². The third-order valence-electron chi connectivity index (χ3n) is 6.05. The molecule has 2 aromatic rings. The molecule has 2 saturated heterocycles. The van der Waals surface area contributed by atoms with Crippen LogP contribution in [-0.2, 0) is 0 Å². The predicted molar refractivity (Wildman–Crippen MR) is 115 cm³/mol. The number of halogens is 2. The molecule has 0 N–H and O–H groups in total. The predicted octanol–water partition coefficient (Wildman–Crippen LogP) is 4.26. The van der Waals surface area contributed by atoms with Crippen LogP contribution in [0.4, 0.5) is 14.5 Å². The summed E-state index contributed by atoms with van der Waals surface area (Å²) in [5, 5.41) is 0. The molecule has 2 heterocycles. The van der Waals surface area contributed by atoms with Gasteiger partial charge in [0.2, 0.25) is 0 Å². The van der Waals surface area contributed by atoms with E-state index in [2.05, 4.69) is 26.9 Å². The molecule has 0 bridgehead atoms. The SMILES string of the molecule is Fc1ccc(/C=C/CN2CCCC(N3CCN(c4ccc(F)cc4)CC3)C2)cc1. The van der Waals surface area contributed by atoms with E-state index in [1.807, 2.05) is 24.3 Å². The number of anilines is 1. The van der Waals surface area contributed by atoms with Gasteiger partial charge in [-0.05, 0) is 61.3 Å². The maximum absolute atomic E-state index is 13.1. The zero-order valence-electron chi connectivity index (χ0n) is 16.8. The maximum atomic E-state index is 13.1. The van der Waals surface area contributed by atoms with Crippen molar-refractivity contribution in [3.63, 3.8) is 0 Å². The highest BCUT2D eigenvalue weighted by atomic mass is 19.1. The largest absolute Gasteiger partial charge is 0.369 e. The van der Waals surface area contributed by atoms with Crippen molar-refractivity contribution in [3.05, 3.63) is 71.8 Å². The highest BCUT2D eigenvalue weighted by Crippen LogP contribution is 2.21. The van der Waals surface area contributed by atoms with E-state index in [4.69, 9.17) is 0 Å². The van der Waals surface area contributed by atoms with Gasteiger partial charge in [-0.25, -0.2) is 8.78 Å². The number of hydrogen-bond acceptors (Lipinski definition) is 3. The Hall–Kier alpha value is -2.24. The maximum Gasteiger partial charge on any atom is 0.123 e. The summed E-state index contributed by atoms with van der Waals surface area (Å²) in [5.74, 6) is -0.372. The van der Waals surface area contributed by atoms with Gasteiger partial charge in [0.1, 0.15) is 11.6 Å². The fraction of sp³-hybridized carbons (Fsp3) is 0.417. The summed E-state index contributed by atoms with van der Waals surface area (Å²) in [6.45, 7) is 7.27. The van der Waals surface area contributed by atoms with Gasteiger partial charge < -0.3 is 4.90 Å². The molecule has 2 aliphatic rings. The van der Waals surface area contributed by atoms with Crippen LogP contribution >= 0.6 is 0 Å². The summed E-state index contributed by atoms with van der Waals surface area (Å²) >= 11 is 0. The summed E-state index contributed by atoms with van der Waals surface area (Å²) in [6, 6.07) is 14.1. The average Bonchev–Trinajstić information content (AvgIpc) is 2.76. The van der Waals surface area contributed by atoms with Crippen LogP contribution in [0, 0.1) is 11.6 Å². The van der Waals surface area contributed by atoms with Gasteiger partial charge in [-0.2, -0.15) is 0 Å². The van der Waals surface area contributed by atoms with Crippen LogP contribution in [0.1, 0.15) is 18.4 Å². The van der Waals surface area contributed by atoms with Gasteiger partial charge in [0.15, 0.2) is 0 Å². The third kappa shape index (κ3) is 5.43. The van der Waals surface area contributed by atoms with Crippen LogP contribution in [0.15, 0.2) is 54.6 Å². The van der Waals surface area contributed by atoms with Crippen LogP contribution in [0.5, 0.6) is 0 Å². The Kier molecular flexibility index (Phi) is 6.57. The first-order valence-electron chi connectivity index (χ1n) is 10.6. The van der Waals surface area contributed by atoms with Crippen molar-refractivity contribution in [2.75, 3.05) is 50.7 Å². The number of piperidine rings is 1. The lowest BCUT2D eigenvalue weighted by atomic mass is 10.0. The van der Waals surface area contributed by atoms with Crippen molar-refractivity contribution in [1.29, 1.82) is 0 Å². The van der Waals surface area contributed by atoms with Gasteiger partial charge in [0.05, 0.1) is 0 Å². The topological polar surface area (TPSA) is 9.72 Å². The van der Waals surface area contributed by atoms with E-state index in [9.17, 15) is 8.78 Å². The van der Waals surface area contributed by atoms with Crippen LogP contribution in [0.2, 0.25) is 0 Å². The first kappa shape index (κ1) is 20.0. The molecule has 0 aliphatic carbocycles. The Morgan fingerprint density at radius 1 is 0.828 bits per heavy atom. The Labute approximate surface area is 172 Å². The summed E-state index contributed by atoms with van der Waals surface area (Å²) < 4.78 is 26.1. The van der Waals surface area contributed by atoms with Crippen molar-refractivity contribution in [1.82, 2.24) is 9.80 Å². The molecule has 3 nitrogen and oxygen atoms in total. The fourth-order valence-electron chi connectivity index (χ4n) is 4.40. The standard InChI is InChI=1S/C24H29F2N3/c25-21-7-5-20(6-8-21)3-1-13-27-14-2-4-24(19-27)29-17-15-28(16-18-29)23-11-9-22(26)10-12-23/h1,3,5-12,24H,2,4,13-19H2/b3-1+. The lowest BCUT2D eigenvalue weighted by molar-refractivity contribution is 0.0991. The quantitative estimate of drug-likeness (QED) is 0.746. The van der Waals surface area contributed by atoms with Gasteiger partial charge in [-0.15, -0.1) is 0 Å². The molecular weight excluding hydrogens is 368 g/mol. The Morgan fingerprint density at radius 3 is 2.17 bits per heavy atom. The molecule has 2 aromatic carbocycles. The van der Waals surface area contributed by atoms with E-state index in [-0.39, 0.29) is 11.6 Å². The smallest absolute Gasteiger partial charge is 0.123 e. The van der Waals surface area contributed by atoms with E-state index >= 15 is 0 Å². The molecule has 0 radical (unpaired) electrons. The van der Waals surface area contributed by atoms with Crippen LogP contribution in [0.25, 0.3) is 6.08 Å². The van der Waals surface area contributed by atoms with Gasteiger partial charge in [0, 0.05) is 51.0 Å². The molecule has 0 aromatic heterocycles. The van der Waals surface area contributed by atoms with Crippen molar-refractivity contribution >= 4 is 11.8 Å². The minimum Gasteiger partial charge on any atom is -0.369 e. The third-order valence-corrected chi connectivity index (χ3v) is 6.05. The number of hydrogen-bond donors (Lipinski definition) is 0. The number of nitrogens with zero attached hydrogens (tertiary/aromatic N) is 3. The molecule has 4 rings (SSSR count). The van der Waals surface area contributed by atoms with E-state index < -0.39 is 0 Å². The second kappa shape index (κ2) is 9.51. The van der Waals surface area contributed by atoms with Gasteiger partial charge in [-0.1, -0.05) is 24.3 Å². The minimum absolute atomic E-state index is 0.178. The highest BCUT2D eigenvalue weighted by Gasteiger charge is 2.27. The second-order valence-electron chi connectivity index (χ2n) is 8.01. The fourth-order valence-corrected chi connectivity index (χ4v) is 4.40. The number of likely N-dealkylation sites (tertiary alicyclic amines) is 1. The Balaban J connectivity index is 1.25. The Morgan fingerprint density at radius 2 is 1.48 bits per heavy atom. The summed E-state index contributed by atoms with van der Waals surface area (Å²) in [5.41, 5.74) is 2.15. The normalized spacial score (nSPS) is 21.7. The molecule has 0 amide bonds. The molecule has 2 aliphatic heterocycles. The van der Waals surface area contributed by atoms with Crippen LogP contribution in [0.3, 0.4) is 0 Å². The monoisotopic (exact) mass is 397 g/mol. The summed E-state index contributed by atoms with van der Waals surface area (Å²) in [4.78, 5) is 7.48. The molecule has 154 valence electrons. The molecule has 1 atom stereocenters. The van der Waals surface area contributed by atoms with Gasteiger partial charge in [-0.3, -0.25) is 9.80 Å². The molecule has 29 heavy (non-hydrogen) atoms.